The number of benzene rings is 5. The number of hydrogen-bond donors (Lipinski definition) is 7. The highest BCUT2D eigenvalue weighted by Crippen LogP contribution is 2.77. The SMILES string of the molecule is CC(=O)N1CC[C@@H]2[C@H](CC[C@]3(C)C(c4ccccc4)=CC[C@@H]23)[C@@]2(C)CC[C@H](O)C[C@H]12.CN[C@H]1C[C@@H]2[C@H](CC[C@]3(C)C(c4ccccc4)=CC[C@@H]23)[C@@]2(C)CC[C@H](O)C[C@H]12.C[C@]12CC[C@H](O)C[C@@H]1C(=O)C[C@@H]1[C@@H]2CC[C@]2(C)C(c3ccccc3)=CC[C@@H]12.C[C@]12CC[C@H](O)C[C@@H]1NC(=O)C[C@@H]1[C@@H]2CC[C@]2(C)C(c3ccccc3)=CC[C@@H]12.C[C@]12CC[C@H]3[C@@H](C[C@@H]4O[C@@]45C[C@@H](O)CC[C@]35C)[C@@H]1CC=C2c1ccccc1. The molecule has 0 bridgehead atoms. The number of rotatable bonds is 6. The van der Waals surface area contributed by atoms with Gasteiger partial charge in [-0.05, 0) is 412 Å². The fourth-order valence-electron chi connectivity index (χ4n) is 39.9. The number of allylic oxidation sites excluding steroid dienone is 10. The minimum absolute atomic E-state index is 0.00781. The predicted octanol–water partition coefficient (Wildman–Crippen LogP) is 25.6. The fraction of sp³-hybridized carbons (Fsp3) is 0.664. The van der Waals surface area contributed by atoms with E-state index in [-0.39, 0.29) is 104 Å². The molecule has 752 valence electrons. The number of nitrogens with one attached hydrogen (secondary N) is 2. The maximum atomic E-state index is 13.2. The molecule has 2 amide bonds. The van der Waals surface area contributed by atoms with Gasteiger partial charge in [0.25, 0.3) is 0 Å². The van der Waals surface area contributed by atoms with E-state index < -0.39 is 0 Å². The maximum Gasteiger partial charge on any atom is 0.220 e. The smallest absolute Gasteiger partial charge is 0.220 e. The third-order valence-electron chi connectivity index (χ3n) is 47.3. The Morgan fingerprint density at radius 1 is 0.357 bits per heavy atom. The molecule has 5 aromatic rings. The standard InChI is InChI=1S/C27H37NO2.C26H37NO.C25H33NO2.2C25H32O2/c1-18(29)28-16-13-21-23-10-9-22(19-7-5-4-6-8-19)26(23,2)15-12-24(21)27(3)14-11-20(30)17-25(27)28;1-25-14-12-22-19(21(25)10-9-20(25)17-7-5-4-6-8-17)16-24(27-3)23-15-18(28)11-13-26(22,23)2;1-24-13-11-21-18(20(24)9-8-19(24)16-6-4-3-5-7-16)15-23(28)26-22-14-17(27)10-12-25(21,22)2;1-23-12-11-21-18(20(23)9-8-19(23)16-6-4-3-5-7-16)14-22-25(27-22)15-17(26)10-13-24(21,25)2;1-24-13-11-21-18(15-23(27)22-14-17(26)10-12-25(21,22)2)20(24)9-8-19(24)16-6-4-3-5-7-16/h4-9,20-21,23-25,30H,10-17H2,1-3H3;4-9,18-19,21-24,27-28H,10-16H2,1-3H3;3-8,17-18,20-22,27H,9-15H2,1-2H3,(H,26,28);2*3-8,17-18,20-22,26H,9-15H2,1-2H3/t20-,21-,23-,24-,25-,26+,27+;18-,19-,21-,22-,23+,24-,25+,26+;17-,18-,20-,21-,22-,24+,25+;17-,18-,20-,21-,22-,23+,24+,25-;17-,18-,20-,21-,22+,24+,25+/m00000/s1. The summed E-state index contributed by atoms with van der Waals surface area (Å²) in [5.41, 5.74) is 17.1. The summed E-state index contributed by atoms with van der Waals surface area (Å²) in [6.45, 7) is 27.4. The molecule has 140 heavy (non-hydrogen) atoms. The summed E-state index contributed by atoms with van der Waals surface area (Å²) < 4.78 is 6.45. The minimum atomic E-state index is -0.268. The molecular weight excluding hydrogens is 1720 g/mol. The Bertz CT molecular complexity index is 5560. The molecule has 18 aliphatic carbocycles. The van der Waals surface area contributed by atoms with Crippen molar-refractivity contribution in [2.24, 2.45) is 155 Å². The van der Waals surface area contributed by atoms with Crippen LogP contribution in [0, 0.1) is 155 Å². The summed E-state index contributed by atoms with van der Waals surface area (Å²) in [5.74, 6) is 11.6. The van der Waals surface area contributed by atoms with Gasteiger partial charge < -0.3 is 45.8 Å². The van der Waals surface area contributed by atoms with Crippen LogP contribution in [0.15, 0.2) is 182 Å². The zero-order valence-electron chi connectivity index (χ0n) is 87.1. The molecule has 1 spiro atoms. The van der Waals surface area contributed by atoms with Crippen molar-refractivity contribution in [2.45, 2.75) is 361 Å². The Kier molecular flexibility index (Phi) is 25.8. The number of nitrogens with zero attached hydrogens (tertiary/aromatic N) is 1. The topological polar surface area (TPSA) is 192 Å². The first-order chi connectivity index (χ1) is 67.1. The van der Waals surface area contributed by atoms with Gasteiger partial charge in [0.15, 0.2) is 0 Å². The normalized spacial score (nSPS) is 46.9. The van der Waals surface area contributed by atoms with Crippen molar-refractivity contribution in [2.75, 3.05) is 13.6 Å². The van der Waals surface area contributed by atoms with E-state index in [1.165, 1.54) is 142 Å². The fourth-order valence-corrected chi connectivity index (χ4v) is 39.9. The van der Waals surface area contributed by atoms with E-state index in [0.29, 0.717) is 106 Å². The van der Waals surface area contributed by atoms with Crippen molar-refractivity contribution >= 4 is 45.5 Å². The lowest BCUT2D eigenvalue weighted by molar-refractivity contribution is -0.156. The second-order valence-corrected chi connectivity index (χ2v) is 52.8. The lowest BCUT2D eigenvalue weighted by Crippen LogP contribution is -2.60. The number of epoxide rings is 1. The lowest BCUT2D eigenvalue weighted by atomic mass is 9.43. The van der Waals surface area contributed by atoms with Crippen LogP contribution >= 0.6 is 0 Å². The van der Waals surface area contributed by atoms with Gasteiger partial charge in [-0.3, -0.25) is 14.4 Å². The van der Waals surface area contributed by atoms with E-state index in [0.717, 1.165) is 151 Å². The van der Waals surface area contributed by atoms with E-state index in [4.69, 9.17) is 4.74 Å². The molecule has 13 saturated carbocycles. The minimum Gasteiger partial charge on any atom is -0.393 e. The van der Waals surface area contributed by atoms with Crippen LogP contribution in [0.4, 0.5) is 0 Å². The third-order valence-corrected chi connectivity index (χ3v) is 47.3. The quantitative estimate of drug-likeness (QED) is 0.0805. The highest BCUT2D eigenvalue weighted by molar-refractivity contribution is 5.84. The number of ether oxygens (including phenoxy) is 1. The summed E-state index contributed by atoms with van der Waals surface area (Å²) >= 11 is 0. The van der Waals surface area contributed by atoms with Crippen LogP contribution in [-0.2, 0) is 19.1 Å². The van der Waals surface area contributed by atoms with Gasteiger partial charge in [0.05, 0.1) is 36.6 Å². The summed E-state index contributed by atoms with van der Waals surface area (Å²) in [6.07, 6.45) is 49.7. The molecule has 26 rings (SSSR count). The molecule has 5 aromatic carbocycles. The molecule has 7 N–H and O–H groups in total. The second kappa shape index (κ2) is 36.9. The van der Waals surface area contributed by atoms with Crippen molar-refractivity contribution in [1.82, 2.24) is 15.5 Å². The number of likely N-dealkylation sites (tertiary alicyclic amines) is 1. The van der Waals surface area contributed by atoms with Crippen LogP contribution in [-0.4, -0.2) is 122 Å². The molecule has 0 aromatic heterocycles. The van der Waals surface area contributed by atoms with E-state index in [2.05, 4.69) is 274 Å². The van der Waals surface area contributed by atoms with Gasteiger partial charge in [-0.2, -0.15) is 0 Å². The average Bonchev–Trinajstić information content (AvgIpc) is 1.49. The largest absolute Gasteiger partial charge is 0.393 e. The zero-order chi connectivity index (χ0) is 97.4. The number of carbonyl (C=O) groups is 3. The average molecular weight is 1900 g/mol. The van der Waals surface area contributed by atoms with Crippen LogP contribution in [0.25, 0.3) is 27.9 Å². The Morgan fingerprint density at radius 3 is 1.18 bits per heavy atom. The first-order valence-electron chi connectivity index (χ1n) is 56.8. The molecule has 12 heteroatoms. The van der Waals surface area contributed by atoms with Crippen LogP contribution in [0.5, 0.6) is 0 Å². The summed E-state index contributed by atoms with van der Waals surface area (Å²) in [7, 11) is 2.15. The van der Waals surface area contributed by atoms with Crippen molar-refractivity contribution in [3.63, 3.8) is 0 Å². The number of hydrogen-bond acceptors (Lipinski definition) is 10. The van der Waals surface area contributed by atoms with E-state index in [1.54, 1.807) is 23.6 Å². The van der Waals surface area contributed by atoms with Gasteiger partial charge in [-0.1, -0.05) is 251 Å². The van der Waals surface area contributed by atoms with Crippen molar-refractivity contribution in [3.05, 3.63) is 210 Å². The number of fused-ring (bicyclic) bond motifs is 24. The van der Waals surface area contributed by atoms with Gasteiger partial charge in [0.2, 0.25) is 11.8 Å². The Hall–Kier alpha value is -6.87. The molecule has 16 fully saturated rings. The Morgan fingerprint density at radius 2 is 0.721 bits per heavy atom. The first kappa shape index (κ1) is 97.8. The van der Waals surface area contributed by atoms with Crippen LogP contribution in [0.3, 0.4) is 0 Å². The molecule has 21 aliphatic rings. The molecule has 3 aliphatic heterocycles. The summed E-state index contributed by atoms with van der Waals surface area (Å²) in [5, 5.41) is 58.6. The molecule has 3 heterocycles. The van der Waals surface area contributed by atoms with Gasteiger partial charge in [-0.15, -0.1) is 0 Å². The maximum absolute atomic E-state index is 13.2. The molecular formula is C128H171N3O9. The number of aliphatic hydroxyl groups is 5. The zero-order valence-corrected chi connectivity index (χ0v) is 87.1. The van der Waals surface area contributed by atoms with E-state index >= 15 is 0 Å². The Labute approximate surface area is 839 Å². The molecule has 0 unspecified atom stereocenters. The molecule has 3 saturated heterocycles. The van der Waals surface area contributed by atoms with Crippen molar-refractivity contribution < 1.29 is 44.7 Å². The van der Waals surface area contributed by atoms with E-state index in [9.17, 15) is 39.9 Å². The summed E-state index contributed by atoms with van der Waals surface area (Å²) in [4.78, 5) is 40.8. The number of amides is 2. The van der Waals surface area contributed by atoms with Gasteiger partial charge in [0.1, 0.15) is 11.4 Å². The molecule has 37 atom stereocenters. The molecule has 12 nitrogen and oxygen atoms in total. The second-order valence-electron chi connectivity index (χ2n) is 52.8. The monoisotopic (exact) mass is 1890 g/mol. The Balaban J connectivity index is 0.000000101. The number of carbonyl (C=O) groups excluding carboxylic acids is 3. The van der Waals surface area contributed by atoms with Crippen LogP contribution in [0.2, 0.25) is 0 Å². The number of ketones is 1. The van der Waals surface area contributed by atoms with Gasteiger partial charge in [-0.25, -0.2) is 0 Å². The number of aliphatic hydroxyl groups excluding tert-OH is 5. The summed E-state index contributed by atoms with van der Waals surface area (Å²) in [6, 6.07) is 55.8. The third kappa shape index (κ3) is 15.9. The van der Waals surface area contributed by atoms with Crippen molar-refractivity contribution in [3.8, 4) is 0 Å². The first-order valence-corrected chi connectivity index (χ1v) is 56.8. The van der Waals surface area contributed by atoms with Crippen LogP contribution < -0.4 is 10.6 Å². The van der Waals surface area contributed by atoms with Crippen molar-refractivity contribution in [1.29, 1.82) is 0 Å². The van der Waals surface area contributed by atoms with E-state index in [1.807, 2.05) is 0 Å². The highest BCUT2D eigenvalue weighted by atomic mass is 16.6. The lowest BCUT2D eigenvalue weighted by Gasteiger charge is -2.62. The van der Waals surface area contributed by atoms with Gasteiger partial charge >= 0.3 is 0 Å². The number of Topliss-reactive ketones (excluding diaryl/α,β-unsaturated/α-hetero) is 1. The predicted molar refractivity (Wildman–Crippen MR) is 563 cm³/mol. The van der Waals surface area contributed by atoms with Crippen LogP contribution in [0.1, 0.15) is 329 Å². The highest BCUT2D eigenvalue weighted by Gasteiger charge is 2.76. The van der Waals surface area contributed by atoms with Gasteiger partial charge in [0, 0.05) is 62.2 Å². The molecule has 0 radical (unpaired) electrons.